The number of ether oxygens (including phenoxy) is 1. The van der Waals surface area contributed by atoms with E-state index in [9.17, 15) is 0 Å². The van der Waals surface area contributed by atoms with Crippen molar-refractivity contribution in [2.45, 2.75) is 59.1 Å². The van der Waals surface area contributed by atoms with E-state index < -0.39 is 0 Å². The van der Waals surface area contributed by atoms with Gasteiger partial charge in [0.25, 0.3) is 0 Å². The highest BCUT2D eigenvalue weighted by molar-refractivity contribution is 5.31. The van der Waals surface area contributed by atoms with Crippen molar-refractivity contribution in [1.82, 2.24) is 5.32 Å². The Labute approximate surface area is 124 Å². The zero-order valence-electron chi connectivity index (χ0n) is 13.4. The van der Waals surface area contributed by atoms with Gasteiger partial charge in [-0.3, -0.25) is 0 Å². The van der Waals surface area contributed by atoms with Gasteiger partial charge in [-0.05, 0) is 64.3 Å². The highest BCUT2D eigenvalue weighted by Gasteiger charge is 2.11. The van der Waals surface area contributed by atoms with Gasteiger partial charge in [-0.15, -0.1) is 6.58 Å². The van der Waals surface area contributed by atoms with Crippen molar-refractivity contribution in [3.8, 4) is 5.75 Å². The van der Waals surface area contributed by atoms with E-state index in [1.807, 2.05) is 6.07 Å². The second kappa shape index (κ2) is 8.80. The molecule has 0 saturated heterocycles. The summed E-state index contributed by atoms with van der Waals surface area (Å²) in [5.41, 5.74) is 2.54. The van der Waals surface area contributed by atoms with Gasteiger partial charge in [-0.25, -0.2) is 0 Å². The van der Waals surface area contributed by atoms with E-state index in [0.29, 0.717) is 6.04 Å². The van der Waals surface area contributed by atoms with Crippen LogP contribution in [0.4, 0.5) is 0 Å². The average molecular weight is 275 g/mol. The molecule has 1 atom stereocenters. The largest absolute Gasteiger partial charge is 0.491 e. The van der Waals surface area contributed by atoms with Crippen LogP contribution in [0.25, 0.3) is 0 Å². The third-order valence-electron chi connectivity index (χ3n) is 3.13. The maximum Gasteiger partial charge on any atom is 0.120 e. The Morgan fingerprint density at radius 3 is 2.70 bits per heavy atom. The minimum Gasteiger partial charge on any atom is -0.491 e. The summed E-state index contributed by atoms with van der Waals surface area (Å²) < 4.78 is 5.79. The zero-order chi connectivity index (χ0) is 15.0. The van der Waals surface area contributed by atoms with Gasteiger partial charge in [0.05, 0.1) is 6.10 Å². The van der Waals surface area contributed by atoms with E-state index in [1.54, 1.807) is 0 Å². The predicted molar refractivity (Wildman–Crippen MR) is 87.3 cm³/mol. The molecule has 0 spiro atoms. The van der Waals surface area contributed by atoms with Crippen molar-refractivity contribution in [2.75, 3.05) is 6.54 Å². The van der Waals surface area contributed by atoms with E-state index in [1.165, 1.54) is 11.1 Å². The smallest absolute Gasteiger partial charge is 0.120 e. The lowest BCUT2D eigenvalue weighted by Crippen LogP contribution is -2.22. The summed E-state index contributed by atoms with van der Waals surface area (Å²) in [7, 11) is 0. The maximum absolute atomic E-state index is 5.79. The molecule has 1 aromatic rings. The molecule has 0 aliphatic carbocycles. The van der Waals surface area contributed by atoms with E-state index in [0.717, 1.165) is 31.6 Å². The average Bonchev–Trinajstić information content (AvgIpc) is 2.38. The van der Waals surface area contributed by atoms with Crippen molar-refractivity contribution in [1.29, 1.82) is 0 Å². The van der Waals surface area contributed by atoms with Crippen molar-refractivity contribution in [3.63, 3.8) is 0 Å². The highest BCUT2D eigenvalue weighted by Crippen LogP contribution is 2.24. The van der Waals surface area contributed by atoms with Crippen LogP contribution in [-0.2, 0) is 0 Å². The molecule has 0 bridgehead atoms. The lowest BCUT2D eigenvalue weighted by molar-refractivity contribution is 0.242. The third kappa shape index (κ3) is 6.25. The molecule has 0 aliphatic heterocycles. The first-order chi connectivity index (χ1) is 9.52. The fourth-order valence-electron chi connectivity index (χ4n) is 2.17. The van der Waals surface area contributed by atoms with Gasteiger partial charge < -0.3 is 10.1 Å². The molecule has 0 amide bonds. The Kier molecular flexibility index (Phi) is 7.38. The summed E-state index contributed by atoms with van der Waals surface area (Å²) in [6.07, 6.45) is 3.49. The molecule has 20 heavy (non-hydrogen) atoms. The fourth-order valence-corrected chi connectivity index (χ4v) is 2.17. The predicted octanol–water partition coefficient (Wildman–Crippen LogP) is 4.87. The maximum atomic E-state index is 5.79. The number of nitrogens with one attached hydrogen (secondary N) is 1. The topological polar surface area (TPSA) is 21.3 Å². The van der Waals surface area contributed by atoms with Crippen LogP contribution < -0.4 is 10.1 Å². The molecular formula is C18H29NO. The van der Waals surface area contributed by atoms with Gasteiger partial charge in [-0.2, -0.15) is 0 Å². The lowest BCUT2D eigenvalue weighted by Gasteiger charge is -2.20. The van der Waals surface area contributed by atoms with Crippen LogP contribution in [0.15, 0.2) is 36.4 Å². The molecule has 0 heterocycles. The molecule has 1 rings (SSSR count). The van der Waals surface area contributed by atoms with Gasteiger partial charge in [0.15, 0.2) is 0 Å². The molecule has 0 aliphatic rings. The third-order valence-corrected chi connectivity index (χ3v) is 3.13. The first-order valence-corrected chi connectivity index (χ1v) is 7.67. The summed E-state index contributed by atoms with van der Waals surface area (Å²) in [5.74, 6) is 0.955. The molecular weight excluding hydrogens is 246 g/mol. The minimum atomic E-state index is 0.211. The van der Waals surface area contributed by atoms with Crippen LogP contribution in [0.2, 0.25) is 0 Å². The van der Waals surface area contributed by atoms with Gasteiger partial charge >= 0.3 is 0 Å². The second-order valence-electron chi connectivity index (χ2n) is 5.74. The van der Waals surface area contributed by atoms with Crippen LogP contribution in [0, 0.1) is 0 Å². The quantitative estimate of drug-likeness (QED) is 0.649. The van der Waals surface area contributed by atoms with E-state index in [4.69, 9.17) is 4.74 Å². The molecule has 1 N–H and O–H groups in total. The van der Waals surface area contributed by atoms with Crippen LogP contribution in [0.5, 0.6) is 5.75 Å². The summed E-state index contributed by atoms with van der Waals surface area (Å²) in [6, 6.07) is 8.82. The zero-order valence-corrected chi connectivity index (χ0v) is 13.4. The number of hydrogen-bond donors (Lipinski definition) is 1. The number of rotatable bonds is 9. The fraction of sp³-hybridized carbons (Fsp3) is 0.556. The molecule has 0 fully saturated rings. The van der Waals surface area contributed by atoms with Crippen LogP contribution in [0.3, 0.4) is 0 Å². The Bertz CT molecular complexity index is 412. The highest BCUT2D eigenvalue weighted by atomic mass is 16.5. The van der Waals surface area contributed by atoms with Crippen molar-refractivity contribution < 1.29 is 4.74 Å². The van der Waals surface area contributed by atoms with Crippen molar-refractivity contribution in [3.05, 3.63) is 42.0 Å². The van der Waals surface area contributed by atoms with Crippen molar-refractivity contribution in [2.24, 2.45) is 0 Å². The van der Waals surface area contributed by atoms with Crippen LogP contribution in [-0.4, -0.2) is 12.6 Å². The van der Waals surface area contributed by atoms with E-state index >= 15 is 0 Å². The first kappa shape index (κ1) is 16.8. The molecule has 1 unspecified atom stereocenters. The van der Waals surface area contributed by atoms with Gasteiger partial charge in [0.1, 0.15) is 5.75 Å². The van der Waals surface area contributed by atoms with Gasteiger partial charge in [0.2, 0.25) is 0 Å². The van der Waals surface area contributed by atoms with Gasteiger partial charge in [-0.1, -0.05) is 24.6 Å². The summed E-state index contributed by atoms with van der Waals surface area (Å²) in [6.45, 7) is 13.4. The Hall–Kier alpha value is -1.28. The summed E-state index contributed by atoms with van der Waals surface area (Å²) in [5, 5.41) is 3.62. The Balaban J connectivity index is 2.79. The second-order valence-corrected chi connectivity index (χ2v) is 5.74. The summed E-state index contributed by atoms with van der Waals surface area (Å²) in [4.78, 5) is 0. The lowest BCUT2D eigenvalue weighted by atomic mass is 9.99. The number of benzene rings is 1. The molecule has 0 aromatic heterocycles. The standard InChI is InChI=1S/C18H29NO/c1-6-12-19-18(11-10-14(2)3)16-8-7-9-17(13-16)20-15(4)5/h7-9,13,15,18-19H,2,6,10-12H2,1,3-5H3. The molecule has 0 saturated carbocycles. The van der Waals surface area contributed by atoms with Crippen LogP contribution >= 0.6 is 0 Å². The van der Waals surface area contributed by atoms with Crippen LogP contribution in [0.1, 0.15) is 58.6 Å². The Morgan fingerprint density at radius 1 is 1.35 bits per heavy atom. The minimum absolute atomic E-state index is 0.211. The number of hydrogen-bond acceptors (Lipinski definition) is 2. The number of allylic oxidation sites excluding steroid dienone is 1. The van der Waals surface area contributed by atoms with Crippen molar-refractivity contribution >= 4 is 0 Å². The molecule has 1 aromatic carbocycles. The molecule has 112 valence electrons. The van der Waals surface area contributed by atoms with Gasteiger partial charge in [0, 0.05) is 6.04 Å². The molecule has 2 heteroatoms. The van der Waals surface area contributed by atoms with E-state index in [2.05, 4.69) is 57.8 Å². The molecule has 0 radical (unpaired) electrons. The van der Waals surface area contributed by atoms with E-state index in [-0.39, 0.29) is 6.10 Å². The molecule has 2 nitrogen and oxygen atoms in total. The Morgan fingerprint density at radius 2 is 2.10 bits per heavy atom. The summed E-state index contributed by atoms with van der Waals surface area (Å²) >= 11 is 0. The monoisotopic (exact) mass is 275 g/mol. The SMILES string of the molecule is C=C(C)CCC(NCCC)c1cccc(OC(C)C)c1. The first-order valence-electron chi connectivity index (χ1n) is 7.67. The normalized spacial score (nSPS) is 12.4.